The number of carbonyl (C=O) groups excluding carboxylic acids is 2. The van der Waals surface area contributed by atoms with Crippen molar-refractivity contribution in [1.82, 2.24) is 15.5 Å². The number of piperidine rings is 2. The van der Waals surface area contributed by atoms with Gasteiger partial charge in [-0.15, -0.1) is 0 Å². The molecule has 0 radical (unpaired) electrons. The lowest BCUT2D eigenvalue weighted by Gasteiger charge is -2.33. The Kier molecular flexibility index (Phi) is 6.89. The molecule has 2 aliphatic heterocycles. The number of nitrogens with one attached hydrogen (secondary N) is 2. The number of benzene rings is 1. The van der Waals surface area contributed by atoms with Crippen molar-refractivity contribution in [2.45, 2.75) is 38.1 Å². The first-order valence-corrected chi connectivity index (χ1v) is 9.69. The third kappa shape index (κ3) is 5.46. The van der Waals surface area contributed by atoms with Crippen LogP contribution in [0.15, 0.2) is 30.3 Å². The van der Waals surface area contributed by atoms with E-state index >= 15 is 0 Å². The summed E-state index contributed by atoms with van der Waals surface area (Å²) in [7, 11) is 0. The Labute approximate surface area is 155 Å². The molecule has 6 heteroatoms. The molecule has 0 spiro atoms. The zero-order chi connectivity index (χ0) is 18.2. The van der Waals surface area contributed by atoms with Crippen LogP contribution in [0.25, 0.3) is 0 Å². The zero-order valence-corrected chi connectivity index (χ0v) is 15.3. The number of rotatable bonds is 6. The molecule has 0 bridgehead atoms. The van der Waals surface area contributed by atoms with Crippen LogP contribution in [0.1, 0.15) is 32.1 Å². The fourth-order valence-corrected chi connectivity index (χ4v) is 3.61. The zero-order valence-electron chi connectivity index (χ0n) is 15.3. The van der Waals surface area contributed by atoms with E-state index in [1.807, 2.05) is 35.2 Å². The molecule has 0 aromatic heterocycles. The van der Waals surface area contributed by atoms with Gasteiger partial charge in [-0.1, -0.05) is 18.2 Å². The van der Waals surface area contributed by atoms with Gasteiger partial charge in [0.2, 0.25) is 11.8 Å². The first kappa shape index (κ1) is 18.7. The lowest BCUT2D eigenvalue weighted by atomic mass is 9.94. The summed E-state index contributed by atoms with van der Waals surface area (Å²) in [6, 6.07) is 9.84. The fourth-order valence-electron chi connectivity index (χ4n) is 3.61. The highest BCUT2D eigenvalue weighted by molar-refractivity contribution is 5.80. The molecule has 2 aliphatic rings. The Morgan fingerprint density at radius 2 is 1.77 bits per heavy atom. The average Bonchev–Trinajstić information content (AvgIpc) is 2.69. The summed E-state index contributed by atoms with van der Waals surface area (Å²) in [5.74, 6) is 1.10. The van der Waals surface area contributed by atoms with Gasteiger partial charge >= 0.3 is 0 Å². The highest BCUT2D eigenvalue weighted by atomic mass is 16.5. The first-order valence-electron chi connectivity index (χ1n) is 9.69. The second-order valence-corrected chi connectivity index (χ2v) is 7.10. The van der Waals surface area contributed by atoms with Crippen LogP contribution in [0.5, 0.6) is 5.75 Å². The monoisotopic (exact) mass is 359 g/mol. The van der Waals surface area contributed by atoms with E-state index in [9.17, 15) is 9.59 Å². The number of carbonyl (C=O) groups is 2. The van der Waals surface area contributed by atoms with Crippen LogP contribution in [0, 0.1) is 5.92 Å². The van der Waals surface area contributed by atoms with Gasteiger partial charge < -0.3 is 20.3 Å². The third-order valence-electron chi connectivity index (χ3n) is 5.23. The minimum Gasteiger partial charge on any atom is -0.493 e. The molecular weight excluding hydrogens is 330 g/mol. The quantitative estimate of drug-likeness (QED) is 0.809. The van der Waals surface area contributed by atoms with E-state index in [-0.39, 0.29) is 17.7 Å². The van der Waals surface area contributed by atoms with Gasteiger partial charge in [0.25, 0.3) is 0 Å². The smallest absolute Gasteiger partial charge is 0.225 e. The fraction of sp³-hybridized carbons (Fsp3) is 0.600. The van der Waals surface area contributed by atoms with Gasteiger partial charge in [-0.05, 0) is 50.9 Å². The minimum absolute atomic E-state index is 0.0366. The van der Waals surface area contributed by atoms with Gasteiger partial charge in [-0.25, -0.2) is 0 Å². The molecule has 0 unspecified atom stereocenters. The SMILES string of the molecule is O=C(NC1CCNCC1)C1CCN(C(=O)CCOc2ccccc2)CC1. The Hall–Kier alpha value is -2.08. The number of amides is 2. The van der Waals surface area contributed by atoms with Crippen molar-refractivity contribution in [3.63, 3.8) is 0 Å². The minimum atomic E-state index is 0.0366. The molecule has 1 aromatic carbocycles. The Morgan fingerprint density at radius 1 is 1.08 bits per heavy atom. The number of para-hydroxylation sites is 1. The number of hydrogen-bond acceptors (Lipinski definition) is 4. The highest BCUT2D eigenvalue weighted by Crippen LogP contribution is 2.19. The van der Waals surface area contributed by atoms with Gasteiger partial charge in [-0.2, -0.15) is 0 Å². The van der Waals surface area contributed by atoms with Crippen molar-refractivity contribution in [3.8, 4) is 5.75 Å². The van der Waals surface area contributed by atoms with E-state index < -0.39 is 0 Å². The molecular formula is C20H29N3O3. The van der Waals surface area contributed by atoms with E-state index in [4.69, 9.17) is 4.74 Å². The van der Waals surface area contributed by atoms with Crippen molar-refractivity contribution in [1.29, 1.82) is 0 Å². The summed E-state index contributed by atoms with van der Waals surface area (Å²) >= 11 is 0. The van der Waals surface area contributed by atoms with Gasteiger partial charge in [-0.3, -0.25) is 9.59 Å². The van der Waals surface area contributed by atoms with E-state index in [0.29, 0.717) is 32.2 Å². The topological polar surface area (TPSA) is 70.7 Å². The number of ether oxygens (including phenoxy) is 1. The Bertz CT molecular complexity index is 579. The second kappa shape index (κ2) is 9.57. The van der Waals surface area contributed by atoms with Crippen molar-refractivity contribution in [3.05, 3.63) is 30.3 Å². The second-order valence-electron chi connectivity index (χ2n) is 7.10. The van der Waals surface area contributed by atoms with Crippen LogP contribution in [0.3, 0.4) is 0 Å². The Balaban J connectivity index is 1.34. The molecule has 2 heterocycles. The normalized spacial score (nSPS) is 19.2. The summed E-state index contributed by atoms with van der Waals surface area (Å²) in [5.41, 5.74) is 0. The molecule has 3 rings (SSSR count). The maximum absolute atomic E-state index is 12.4. The highest BCUT2D eigenvalue weighted by Gasteiger charge is 2.28. The number of likely N-dealkylation sites (tertiary alicyclic amines) is 1. The number of hydrogen-bond donors (Lipinski definition) is 2. The van der Waals surface area contributed by atoms with Gasteiger partial charge in [0.05, 0.1) is 13.0 Å². The van der Waals surface area contributed by atoms with Crippen molar-refractivity contribution in [2.24, 2.45) is 5.92 Å². The van der Waals surface area contributed by atoms with Gasteiger partial charge in [0.1, 0.15) is 5.75 Å². The van der Waals surface area contributed by atoms with E-state index in [1.165, 1.54) is 0 Å². The third-order valence-corrected chi connectivity index (χ3v) is 5.23. The van der Waals surface area contributed by atoms with Crippen molar-refractivity contribution < 1.29 is 14.3 Å². The lowest BCUT2D eigenvalue weighted by Crippen LogP contribution is -2.48. The van der Waals surface area contributed by atoms with E-state index in [0.717, 1.165) is 44.5 Å². The maximum atomic E-state index is 12.4. The molecule has 6 nitrogen and oxygen atoms in total. The average molecular weight is 359 g/mol. The molecule has 2 fully saturated rings. The Morgan fingerprint density at radius 3 is 2.46 bits per heavy atom. The van der Waals surface area contributed by atoms with Crippen LogP contribution in [0.2, 0.25) is 0 Å². The standard InChI is InChI=1S/C20H29N3O3/c24-19(10-15-26-18-4-2-1-3-5-18)23-13-8-16(9-14-23)20(25)22-17-6-11-21-12-7-17/h1-5,16-17,21H,6-15H2,(H,22,25). The van der Waals surface area contributed by atoms with Crippen LogP contribution in [0.4, 0.5) is 0 Å². The summed E-state index contributed by atoms with van der Waals surface area (Å²) in [5, 5.41) is 6.49. The van der Waals surface area contributed by atoms with Gasteiger partial charge in [0, 0.05) is 25.0 Å². The van der Waals surface area contributed by atoms with E-state index in [2.05, 4.69) is 10.6 Å². The van der Waals surface area contributed by atoms with Crippen LogP contribution >= 0.6 is 0 Å². The summed E-state index contributed by atoms with van der Waals surface area (Å²) in [6.45, 7) is 3.66. The molecule has 2 amide bonds. The van der Waals surface area contributed by atoms with Crippen LogP contribution in [-0.2, 0) is 9.59 Å². The van der Waals surface area contributed by atoms with Crippen molar-refractivity contribution >= 4 is 11.8 Å². The van der Waals surface area contributed by atoms with E-state index in [1.54, 1.807) is 0 Å². The summed E-state index contributed by atoms with van der Waals surface area (Å²) in [4.78, 5) is 26.6. The summed E-state index contributed by atoms with van der Waals surface area (Å²) < 4.78 is 5.59. The van der Waals surface area contributed by atoms with Crippen LogP contribution < -0.4 is 15.4 Å². The molecule has 0 aliphatic carbocycles. The lowest BCUT2D eigenvalue weighted by molar-refractivity contribution is -0.136. The molecule has 0 saturated carbocycles. The first-order chi connectivity index (χ1) is 12.7. The van der Waals surface area contributed by atoms with Gasteiger partial charge in [0.15, 0.2) is 0 Å². The molecule has 1 aromatic rings. The predicted molar refractivity (Wildman–Crippen MR) is 99.9 cm³/mol. The molecule has 2 N–H and O–H groups in total. The maximum Gasteiger partial charge on any atom is 0.225 e. The molecule has 2 saturated heterocycles. The molecule has 26 heavy (non-hydrogen) atoms. The molecule has 0 atom stereocenters. The predicted octanol–water partition coefficient (Wildman–Crippen LogP) is 1.56. The summed E-state index contributed by atoms with van der Waals surface area (Å²) in [6.07, 6.45) is 3.89. The largest absolute Gasteiger partial charge is 0.493 e. The van der Waals surface area contributed by atoms with Crippen LogP contribution in [-0.4, -0.2) is 55.5 Å². The van der Waals surface area contributed by atoms with Crippen molar-refractivity contribution in [2.75, 3.05) is 32.8 Å². The number of nitrogens with zero attached hydrogens (tertiary/aromatic N) is 1. The molecule has 142 valence electrons.